The smallest absolute Gasteiger partial charge is 0.309 e. The van der Waals surface area contributed by atoms with Crippen molar-refractivity contribution in [2.45, 2.75) is 20.3 Å². The van der Waals surface area contributed by atoms with Gasteiger partial charge in [0.2, 0.25) is 5.91 Å². The van der Waals surface area contributed by atoms with E-state index in [0.717, 1.165) is 0 Å². The van der Waals surface area contributed by atoms with Crippen molar-refractivity contribution in [2.75, 3.05) is 5.32 Å². The summed E-state index contributed by atoms with van der Waals surface area (Å²) in [6.07, 6.45) is -0.227. The first-order chi connectivity index (χ1) is 8.63. The van der Waals surface area contributed by atoms with E-state index in [1.165, 1.54) is 26.0 Å². The molecule has 7 heteroatoms. The van der Waals surface area contributed by atoms with Crippen LogP contribution in [0.1, 0.15) is 20.3 Å². The number of nitrogens with one attached hydrogen (secondary N) is 1. The van der Waals surface area contributed by atoms with Gasteiger partial charge in [-0.25, -0.2) is 4.39 Å². The highest BCUT2D eigenvalue weighted by atomic mass is 35.5. The number of carbonyl (C=O) groups is 2. The third-order valence-corrected chi connectivity index (χ3v) is 3.00. The molecule has 0 bridgehead atoms. The van der Waals surface area contributed by atoms with Crippen LogP contribution >= 0.6 is 23.2 Å². The molecule has 0 saturated carbocycles. The Labute approximate surface area is 119 Å². The number of carboxylic acid groups (broad SMARTS) is 1. The predicted octanol–water partition coefficient (Wildman–Crippen LogP) is 3.57. The average Bonchev–Trinajstić information content (AvgIpc) is 2.24. The molecule has 2 N–H and O–H groups in total. The summed E-state index contributed by atoms with van der Waals surface area (Å²) in [6.45, 7) is 2.86. The van der Waals surface area contributed by atoms with Gasteiger partial charge in [-0.05, 0) is 26.0 Å². The van der Waals surface area contributed by atoms with Crippen molar-refractivity contribution in [3.05, 3.63) is 28.0 Å². The van der Waals surface area contributed by atoms with Crippen molar-refractivity contribution < 1.29 is 19.1 Å². The molecule has 0 aromatic heterocycles. The molecule has 0 radical (unpaired) electrons. The summed E-state index contributed by atoms with van der Waals surface area (Å²) in [7, 11) is 0. The van der Waals surface area contributed by atoms with Gasteiger partial charge < -0.3 is 10.4 Å². The van der Waals surface area contributed by atoms with E-state index in [1.54, 1.807) is 0 Å². The molecule has 1 amide bonds. The number of hydrogen-bond acceptors (Lipinski definition) is 2. The minimum Gasteiger partial charge on any atom is -0.481 e. The van der Waals surface area contributed by atoms with Gasteiger partial charge in [-0.3, -0.25) is 9.59 Å². The van der Waals surface area contributed by atoms with Gasteiger partial charge in [-0.2, -0.15) is 0 Å². The summed E-state index contributed by atoms with van der Waals surface area (Å²) in [5.74, 6) is -2.38. The van der Waals surface area contributed by atoms with Gasteiger partial charge in [0, 0.05) is 12.1 Å². The predicted molar refractivity (Wildman–Crippen MR) is 71.1 cm³/mol. The van der Waals surface area contributed by atoms with E-state index < -0.39 is 23.1 Å². The van der Waals surface area contributed by atoms with Gasteiger partial charge in [0.05, 0.1) is 15.5 Å². The van der Waals surface area contributed by atoms with E-state index in [9.17, 15) is 14.0 Å². The molecule has 0 spiro atoms. The Hall–Kier alpha value is -1.33. The van der Waals surface area contributed by atoms with Gasteiger partial charge in [-0.15, -0.1) is 0 Å². The average molecular weight is 308 g/mol. The second-order valence-electron chi connectivity index (χ2n) is 4.67. The van der Waals surface area contributed by atoms with Gasteiger partial charge in [-0.1, -0.05) is 23.2 Å². The highest BCUT2D eigenvalue weighted by molar-refractivity contribution is 6.35. The Morgan fingerprint density at radius 1 is 1.32 bits per heavy atom. The normalized spacial score (nSPS) is 11.2. The molecule has 19 heavy (non-hydrogen) atoms. The van der Waals surface area contributed by atoms with Gasteiger partial charge in [0.25, 0.3) is 0 Å². The molecule has 1 aromatic carbocycles. The third kappa shape index (κ3) is 4.08. The van der Waals surface area contributed by atoms with Crippen molar-refractivity contribution in [1.82, 2.24) is 0 Å². The number of halogens is 3. The van der Waals surface area contributed by atoms with Crippen LogP contribution in [0.3, 0.4) is 0 Å². The van der Waals surface area contributed by atoms with Crippen LogP contribution in [0.4, 0.5) is 10.1 Å². The lowest BCUT2D eigenvalue weighted by Gasteiger charge is -2.18. The van der Waals surface area contributed by atoms with Crippen LogP contribution in [-0.4, -0.2) is 17.0 Å². The molecular formula is C12H12Cl2FNO3. The second kappa shape index (κ2) is 5.75. The van der Waals surface area contributed by atoms with Crippen molar-refractivity contribution >= 4 is 40.8 Å². The number of anilines is 1. The maximum absolute atomic E-state index is 13.2. The summed E-state index contributed by atoms with van der Waals surface area (Å²) in [5, 5.41) is 10.9. The maximum atomic E-state index is 13.2. The Kier molecular flexibility index (Phi) is 4.76. The van der Waals surface area contributed by atoms with Gasteiger partial charge >= 0.3 is 5.97 Å². The number of carbonyl (C=O) groups excluding carboxylic acids is 1. The number of rotatable bonds is 4. The molecule has 0 aliphatic heterocycles. The van der Waals surface area contributed by atoms with Crippen LogP contribution in [0, 0.1) is 11.2 Å². The molecule has 0 aliphatic carbocycles. The van der Waals surface area contributed by atoms with Crippen LogP contribution in [-0.2, 0) is 9.59 Å². The zero-order valence-electron chi connectivity index (χ0n) is 10.3. The number of amides is 1. The number of carboxylic acids is 1. The lowest BCUT2D eigenvalue weighted by Crippen LogP contribution is -2.29. The first-order valence-electron chi connectivity index (χ1n) is 5.31. The summed E-state index contributed by atoms with van der Waals surface area (Å²) in [6, 6.07) is 2.41. The minimum atomic E-state index is -1.20. The number of benzene rings is 1. The van der Waals surface area contributed by atoms with Crippen molar-refractivity contribution in [3.8, 4) is 0 Å². The molecule has 1 aromatic rings. The molecule has 0 aliphatic rings. The fourth-order valence-corrected chi connectivity index (χ4v) is 1.80. The SMILES string of the molecule is CC(C)(CC(=O)Nc1cc(Cl)c(F)c(Cl)c1)C(=O)O. The zero-order valence-corrected chi connectivity index (χ0v) is 11.8. The Balaban J connectivity index is 2.81. The molecule has 0 unspecified atom stereocenters. The van der Waals surface area contributed by atoms with Crippen molar-refractivity contribution in [3.63, 3.8) is 0 Å². The van der Waals surface area contributed by atoms with Gasteiger partial charge in [0.15, 0.2) is 5.82 Å². The van der Waals surface area contributed by atoms with Crippen LogP contribution in [0.15, 0.2) is 12.1 Å². The first kappa shape index (κ1) is 15.7. The molecule has 1 rings (SSSR count). The fraction of sp³-hybridized carbons (Fsp3) is 0.333. The van der Waals surface area contributed by atoms with Crippen LogP contribution < -0.4 is 5.32 Å². The highest BCUT2D eigenvalue weighted by Crippen LogP contribution is 2.28. The maximum Gasteiger partial charge on any atom is 0.309 e. The zero-order chi connectivity index (χ0) is 14.8. The summed E-state index contributed by atoms with van der Waals surface area (Å²) in [4.78, 5) is 22.6. The lowest BCUT2D eigenvalue weighted by atomic mass is 9.89. The second-order valence-corrected chi connectivity index (χ2v) is 5.48. The van der Waals surface area contributed by atoms with Crippen LogP contribution in [0.5, 0.6) is 0 Å². The molecule has 0 saturated heterocycles. The van der Waals surface area contributed by atoms with E-state index in [4.69, 9.17) is 28.3 Å². The van der Waals surface area contributed by atoms with Crippen molar-refractivity contribution in [1.29, 1.82) is 0 Å². The monoisotopic (exact) mass is 307 g/mol. The number of hydrogen-bond donors (Lipinski definition) is 2. The first-order valence-corrected chi connectivity index (χ1v) is 6.07. The van der Waals surface area contributed by atoms with E-state index in [-0.39, 0.29) is 22.2 Å². The molecular weight excluding hydrogens is 296 g/mol. The summed E-state index contributed by atoms with van der Waals surface area (Å²) >= 11 is 11.2. The minimum absolute atomic E-state index is 0.211. The molecule has 104 valence electrons. The van der Waals surface area contributed by atoms with Gasteiger partial charge in [0.1, 0.15) is 0 Å². The number of aliphatic carboxylic acids is 1. The topological polar surface area (TPSA) is 66.4 Å². The highest BCUT2D eigenvalue weighted by Gasteiger charge is 2.30. The summed E-state index contributed by atoms with van der Waals surface area (Å²) < 4.78 is 13.2. The quantitative estimate of drug-likeness (QED) is 0.836. The standard InChI is InChI=1S/C12H12Cl2FNO3/c1-12(2,11(18)19)5-9(17)16-6-3-7(13)10(15)8(14)4-6/h3-4H,5H2,1-2H3,(H,16,17)(H,18,19). The Morgan fingerprint density at radius 3 is 2.21 bits per heavy atom. The van der Waals surface area contributed by atoms with E-state index >= 15 is 0 Å². The van der Waals surface area contributed by atoms with Crippen LogP contribution in [0.2, 0.25) is 10.0 Å². The van der Waals surface area contributed by atoms with E-state index in [0.29, 0.717) is 0 Å². The molecule has 0 heterocycles. The molecule has 0 fully saturated rings. The summed E-state index contributed by atoms with van der Waals surface area (Å²) in [5.41, 5.74) is -0.986. The lowest BCUT2D eigenvalue weighted by molar-refractivity contribution is -0.148. The molecule has 0 atom stereocenters. The van der Waals surface area contributed by atoms with Crippen LogP contribution in [0.25, 0.3) is 0 Å². The van der Waals surface area contributed by atoms with E-state index in [2.05, 4.69) is 5.32 Å². The molecule has 4 nitrogen and oxygen atoms in total. The third-order valence-electron chi connectivity index (χ3n) is 2.45. The largest absolute Gasteiger partial charge is 0.481 e. The fourth-order valence-electron chi connectivity index (χ4n) is 1.31. The van der Waals surface area contributed by atoms with E-state index in [1.807, 2.05) is 0 Å². The Morgan fingerprint density at radius 2 is 1.79 bits per heavy atom. The Bertz CT molecular complexity index is 509. The van der Waals surface area contributed by atoms with Crippen molar-refractivity contribution in [2.24, 2.45) is 5.41 Å².